The number of ether oxygens (including phenoxy) is 1. The predicted molar refractivity (Wildman–Crippen MR) is 127 cm³/mol. The Morgan fingerprint density at radius 1 is 0.938 bits per heavy atom. The lowest BCUT2D eigenvalue weighted by molar-refractivity contribution is 0.0878. The van der Waals surface area contributed by atoms with Gasteiger partial charge in [0.05, 0.1) is 25.9 Å². The van der Waals surface area contributed by atoms with E-state index in [2.05, 4.69) is 24.4 Å². The zero-order chi connectivity index (χ0) is 22.8. The molecule has 0 heterocycles. The van der Waals surface area contributed by atoms with Crippen LogP contribution < -0.4 is 10.1 Å². The monoisotopic (exact) mass is 433 g/mol. The third-order valence-electron chi connectivity index (χ3n) is 5.31. The molecular formula is C27H31NO4. The van der Waals surface area contributed by atoms with Crippen LogP contribution in [0.15, 0.2) is 72.8 Å². The van der Waals surface area contributed by atoms with Crippen LogP contribution in [-0.4, -0.2) is 42.0 Å². The first-order valence-electron chi connectivity index (χ1n) is 11.1. The fourth-order valence-electron chi connectivity index (χ4n) is 3.57. The Balaban J connectivity index is 1.95. The first-order chi connectivity index (χ1) is 15.7. The second-order valence-corrected chi connectivity index (χ2v) is 7.74. The summed E-state index contributed by atoms with van der Waals surface area (Å²) in [6.45, 7) is 2.08. The molecule has 3 rings (SSSR count). The van der Waals surface area contributed by atoms with Crippen molar-refractivity contribution in [3.05, 3.63) is 89.5 Å². The third-order valence-corrected chi connectivity index (χ3v) is 5.31. The molecule has 168 valence electrons. The molecular weight excluding hydrogens is 402 g/mol. The minimum absolute atomic E-state index is 0.303. The highest BCUT2D eigenvalue weighted by molar-refractivity contribution is 5.96. The van der Waals surface area contributed by atoms with E-state index >= 15 is 0 Å². The summed E-state index contributed by atoms with van der Waals surface area (Å²) in [6.07, 6.45) is 2.40. The van der Waals surface area contributed by atoms with E-state index in [1.807, 2.05) is 60.7 Å². The molecule has 3 N–H and O–H groups in total. The molecule has 0 unspecified atom stereocenters. The summed E-state index contributed by atoms with van der Waals surface area (Å²) in [6, 6.07) is 23.2. The van der Waals surface area contributed by atoms with Crippen LogP contribution in [0.5, 0.6) is 5.75 Å². The van der Waals surface area contributed by atoms with Gasteiger partial charge in [-0.05, 0) is 48.1 Å². The molecule has 0 aromatic heterocycles. The first-order valence-corrected chi connectivity index (χ1v) is 11.1. The van der Waals surface area contributed by atoms with Crippen molar-refractivity contribution in [2.45, 2.75) is 32.2 Å². The van der Waals surface area contributed by atoms with E-state index in [1.54, 1.807) is 0 Å². The van der Waals surface area contributed by atoms with Gasteiger partial charge in [0.2, 0.25) is 0 Å². The number of nitrogens with one attached hydrogen (secondary N) is 1. The highest BCUT2D eigenvalue weighted by Gasteiger charge is 2.17. The lowest BCUT2D eigenvalue weighted by Gasteiger charge is -2.17. The Kier molecular flexibility index (Phi) is 8.84. The maximum atomic E-state index is 12.9. The standard InChI is InChI=1S/C27H31NO4/c1-2-16-32-26-11-7-6-10-24(26)21-14-15-25(27(31)28-23(18-29)19-30)22(17-21)13-12-20-8-4-3-5-9-20/h3-11,14-15,17,23,29-30H,2,12-13,16,18-19H2,1H3,(H,28,31). The summed E-state index contributed by atoms with van der Waals surface area (Å²) < 4.78 is 5.93. The average Bonchev–Trinajstić information content (AvgIpc) is 2.85. The quantitative estimate of drug-likeness (QED) is 0.427. The number of rotatable bonds is 11. The number of hydrogen-bond acceptors (Lipinski definition) is 4. The average molecular weight is 434 g/mol. The van der Waals surface area contributed by atoms with Crippen molar-refractivity contribution in [2.24, 2.45) is 0 Å². The number of hydrogen-bond donors (Lipinski definition) is 3. The van der Waals surface area contributed by atoms with Crippen molar-refractivity contribution in [3.8, 4) is 16.9 Å². The minimum Gasteiger partial charge on any atom is -0.493 e. The van der Waals surface area contributed by atoms with Crippen molar-refractivity contribution >= 4 is 5.91 Å². The molecule has 0 saturated carbocycles. The van der Waals surface area contributed by atoms with Crippen LogP contribution in [0.2, 0.25) is 0 Å². The van der Waals surface area contributed by atoms with Crippen LogP contribution >= 0.6 is 0 Å². The molecule has 0 fully saturated rings. The van der Waals surface area contributed by atoms with E-state index in [-0.39, 0.29) is 19.1 Å². The van der Waals surface area contributed by atoms with E-state index in [0.717, 1.165) is 35.3 Å². The van der Waals surface area contributed by atoms with E-state index in [9.17, 15) is 15.0 Å². The molecule has 1 amide bonds. The van der Waals surface area contributed by atoms with Crippen molar-refractivity contribution in [1.82, 2.24) is 5.32 Å². The Bertz CT molecular complexity index is 1000. The molecule has 0 atom stereocenters. The van der Waals surface area contributed by atoms with Crippen molar-refractivity contribution in [1.29, 1.82) is 0 Å². The van der Waals surface area contributed by atoms with Crippen LogP contribution in [0, 0.1) is 0 Å². The predicted octanol–water partition coefficient (Wildman–Crippen LogP) is 4.01. The van der Waals surface area contributed by atoms with Gasteiger partial charge >= 0.3 is 0 Å². The Hall–Kier alpha value is -3.15. The number of para-hydroxylation sites is 1. The fourth-order valence-corrected chi connectivity index (χ4v) is 3.57. The summed E-state index contributed by atoms with van der Waals surface area (Å²) in [5, 5.41) is 21.4. The Morgan fingerprint density at radius 3 is 2.38 bits per heavy atom. The van der Waals surface area contributed by atoms with Crippen LogP contribution in [0.4, 0.5) is 0 Å². The van der Waals surface area contributed by atoms with Crippen LogP contribution in [0.25, 0.3) is 11.1 Å². The van der Waals surface area contributed by atoms with E-state index in [1.165, 1.54) is 5.56 Å². The van der Waals surface area contributed by atoms with Gasteiger partial charge in [-0.3, -0.25) is 4.79 Å². The molecule has 0 aliphatic carbocycles. The zero-order valence-corrected chi connectivity index (χ0v) is 18.5. The van der Waals surface area contributed by atoms with Crippen LogP contribution in [0.3, 0.4) is 0 Å². The van der Waals surface area contributed by atoms with Gasteiger partial charge in [0, 0.05) is 11.1 Å². The molecule has 5 heteroatoms. The Morgan fingerprint density at radius 2 is 1.66 bits per heavy atom. The van der Waals surface area contributed by atoms with E-state index < -0.39 is 6.04 Å². The molecule has 3 aromatic rings. The highest BCUT2D eigenvalue weighted by Crippen LogP contribution is 2.32. The maximum Gasteiger partial charge on any atom is 0.251 e. The fraction of sp³-hybridized carbons (Fsp3) is 0.296. The minimum atomic E-state index is -0.688. The third kappa shape index (κ3) is 6.19. The molecule has 5 nitrogen and oxygen atoms in total. The van der Waals surface area contributed by atoms with Gasteiger partial charge in [0.1, 0.15) is 5.75 Å². The SMILES string of the molecule is CCCOc1ccccc1-c1ccc(C(=O)NC(CO)CO)c(CCc2ccccc2)c1. The molecule has 0 bridgehead atoms. The van der Waals surface area contributed by atoms with Crippen LogP contribution in [-0.2, 0) is 12.8 Å². The molecule has 0 aliphatic heterocycles. The number of benzene rings is 3. The van der Waals surface area contributed by atoms with E-state index in [4.69, 9.17) is 4.74 Å². The van der Waals surface area contributed by atoms with Gasteiger partial charge in [-0.15, -0.1) is 0 Å². The number of aryl methyl sites for hydroxylation is 2. The normalized spacial score (nSPS) is 10.9. The summed E-state index contributed by atoms with van der Waals surface area (Å²) >= 11 is 0. The molecule has 0 radical (unpaired) electrons. The zero-order valence-electron chi connectivity index (χ0n) is 18.5. The number of aliphatic hydroxyl groups excluding tert-OH is 2. The molecule has 0 aliphatic rings. The van der Waals surface area contributed by atoms with Gasteiger partial charge in [-0.25, -0.2) is 0 Å². The van der Waals surface area contributed by atoms with Gasteiger partial charge in [-0.1, -0.05) is 67.6 Å². The highest BCUT2D eigenvalue weighted by atomic mass is 16.5. The maximum absolute atomic E-state index is 12.9. The molecule has 32 heavy (non-hydrogen) atoms. The van der Waals surface area contributed by atoms with Gasteiger partial charge in [0.25, 0.3) is 5.91 Å². The summed E-state index contributed by atoms with van der Waals surface area (Å²) in [7, 11) is 0. The topological polar surface area (TPSA) is 78.8 Å². The van der Waals surface area contributed by atoms with Crippen molar-refractivity contribution in [2.75, 3.05) is 19.8 Å². The summed E-state index contributed by atoms with van der Waals surface area (Å²) in [5.74, 6) is 0.518. The van der Waals surface area contributed by atoms with Crippen molar-refractivity contribution in [3.63, 3.8) is 0 Å². The number of carbonyl (C=O) groups excluding carboxylic acids is 1. The number of aliphatic hydroxyl groups is 2. The molecule has 0 spiro atoms. The molecule has 3 aromatic carbocycles. The largest absolute Gasteiger partial charge is 0.493 e. The lowest BCUT2D eigenvalue weighted by Crippen LogP contribution is -2.40. The molecule has 0 saturated heterocycles. The van der Waals surface area contributed by atoms with Gasteiger partial charge in [-0.2, -0.15) is 0 Å². The first kappa shape index (κ1) is 23.5. The van der Waals surface area contributed by atoms with E-state index in [0.29, 0.717) is 18.6 Å². The Labute approximate surface area is 189 Å². The second-order valence-electron chi connectivity index (χ2n) is 7.74. The van der Waals surface area contributed by atoms with Crippen LogP contribution in [0.1, 0.15) is 34.8 Å². The van der Waals surface area contributed by atoms with Crippen molar-refractivity contribution < 1.29 is 19.7 Å². The van der Waals surface area contributed by atoms with Gasteiger partial charge < -0.3 is 20.3 Å². The van der Waals surface area contributed by atoms with Gasteiger partial charge in [0.15, 0.2) is 0 Å². The summed E-state index contributed by atoms with van der Waals surface area (Å²) in [4.78, 5) is 12.9. The second kappa shape index (κ2) is 12.0. The number of amides is 1. The number of carbonyl (C=O) groups is 1. The summed E-state index contributed by atoms with van der Waals surface area (Å²) in [5.41, 5.74) is 4.61. The lowest BCUT2D eigenvalue weighted by atomic mass is 9.94. The smallest absolute Gasteiger partial charge is 0.251 e.